The van der Waals surface area contributed by atoms with Crippen molar-refractivity contribution in [3.05, 3.63) is 73.1 Å². The van der Waals surface area contributed by atoms with Crippen LogP contribution < -0.4 is 10.1 Å². The number of hydrogen-bond acceptors (Lipinski definition) is 4. The number of nitrogens with one attached hydrogen (secondary N) is 1. The van der Waals surface area contributed by atoms with Crippen molar-refractivity contribution in [2.45, 2.75) is 25.5 Å². The molecule has 0 amide bonds. The minimum absolute atomic E-state index is 0.271. The van der Waals surface area contributed by atoms with Crippen LogP contribution in [0, 0.1) is 0 Å². The van der Waals surface area contributed by atoms with Gasteiger partial charge in [0.2, 0.25) is 0 Å². The van der Waals surface area contributed by atoms with Gasteiger partial charge in [0.05, 0.1) is 17.4 Å². The highest BCUT2D eigenvalue weighted by Gasteiger charge is 2.07. The summed E-state index contributed by atoms with van der Waals surface area (Å²) in [6.07, 6.45) is 4.91. The van der Waals surface area contributed by atoms with E-state index in [-0.39, 0.29) is 6.61 Å². The molecule has 0 spiro atoms. The highest BCUT2D eigenvalue weighted by Crippen LogP contribution is 2.18. The maximum atomic E-state index is 10.1. The molecular weight excluding hydrogens is 338 g/mol. The summed E-state index contributed by atoms with van der Waals surface area (Å²) >= 11 is 0. The summed E-state index contributed by atoms with van der Waals surface area (Å²) < 4.78 is 7.93. The molecule has 0 fully saturated rings. The Hall–Kier alpha value is -2.63. The zero-order valence-corrected chi connectivity index (χ0v) is 15.6. The summed E-state index contributed by atoms with van der Waals surface area (Å²) in [6.45, 7) is 6.27. The molecule has 0 saturated carbocycles. The molecule has 1 unspecified atom stereocenters. The molecule has 0 radical (unpaired) electrons. The van der Waals surface area contributed by atoms with E-state index in [2.05, 4.69) is 27.5 Å². The van der Waals surface area contributed by atoms with Crippen molar-refractivity contribution in [1.29, 1.82) is 0 Å². The predicted molar refractivity (Wildman–Crippen MR) is 109 cm³/mol. The average Bonchev–Trinajstić information content (AvgIpc) is 3.10. The number of fused-ring (bicyclic) bond motifs is 1. The van der Waals surface area contributed by atoms with Crippen molar-refractivity contribution in [3.8, 4) is 5.75 Å². The van der Waals surface area contributed by atoms with E-state index in [1.54, 1.807) is 0 Å². The standard InChI is InChI=1S/C22H27N3O2/c1-2-8-18-9-3-6-12-22(18)27-16-19(26)15-23-13-7-14-25-17-24-20-10-4-5-11-21(20)25/h2-6,9-12,17,19,23,26H,1,7-8,13-16H2. The van der Waals surface area contributed by atoms with Gasteiger partial charge in [0, 0.05) is 13.1 Å². The Morgan fingerprint density at radius 1 is 1.19 bits per heavy atom. The van der Waals surface area contributed by atoms with Crippen molar-refractivity contribution < 1.29 is 9.84 Å². The smallest absolute Gasteiger partial charge is 0.122 e. The number of imidazole rings is 1. The van der Waals surface area contributed by atoms with Gasteiger partial charge in [-0.25, -0.2) is 4.98 Å². The number of benzene rings is 2. The van der Waals surface area contributed by atoms with Crippen molar-refractivity contribution in [2.24, 2.45) is 0 Å². The van der Waals surface area contributed by atoms with Gasteiger partial charge in [0.15, 0.2) is 0 Å². The minimum atomic E-state index is -0.545. The molecule has 0 aliphatic carbocycles. The van der Waals surface area contributed by atoms with Crippen LogP contribution in [0.1, 0.15) is 12.0 Å². The molecule has 2 aromatic carbocycles. The van der Waals surface area contributed by atoms with Crippen molar-refractivity contribution in [1.82, 2.24) is 14.9 Å². The molecule has 1 heterocycles. The monoisotopic (exact) mass is 365 g/mol. The van der Waals surface area contributed by atoms with Crippen molar-refractivity contribution >= 4 is 11.0 Å². The van der Waals surface area contributed by atoms with Crippen LogP contribution in [0.15, 0.2) is 67.5 Å². The second-order valence-electron chi connectivity index (χ2n) is 6.55. The molecule has 3 rings (SSSR count). The first-order valence-corrected chi connectivity index (χ1v) is 9.38. The zero-order chi connectivity index (χ0) is 18.9. The summed E-state index contributed by atoms with van der Waals surface area (Å²) in [4.78, 5) is 4.40. The van der Waals surface area contributed by atoms with Gasteiger partial charge in [-0.15, -0.1) is 6.58 Å². The number of allylic oxidation sites excluding steroid dienone is 1. The topological polar surface area (TPSA) is 59.3 Å². The molecule has 3 aromatic rings. The van der Waals surface area contributed by atoms with Gasteiger partial charge in [0.1, 0.15) is 18.5 Å². The fourth-order valence-electron chi connectivity index (χ4n) is 3.05. The van der Waals surface area contributed by atoms with Gasteiger partial charge in [0.25, 0.3) is 0 Å². The molecule has 2 N–H and O–H groups in total. The number of aliphatic hydroxyl groups is 1. The van der Waals surface area contributed by atoms with Gasteiger partial charge < -0.3 is 19.7 Å². The van der Waals surface area contributed by atoms with Gasteiger partial charge in [-0.3, -0.25) is 0 Å². The molecule has 27 heavy (non-hydrogen) atoms. The van der Waals surface area contributed by atoms with E-state index in [1.165, 1.54) is 0 Å². The normalized spacial score (nSPS) is 12.2. The maximum absolute atomic E-state index is 10.1. The molecule has 1 atom stereocenters. The van der Waals surface area contributed by atoms with Crippen LogP contribution in [0.5, 0.6) is 5.75 Å². The lowest BCUT2D eigenvalue weighted by Gasteiger charge is -2.15. The fourth-order valence-corrected chi connectivity index (χ4v) is 3.05. The Kier molecular flexibility index (Phi) is 7.02. The first-order valence-electron chi connectivity index (χ1n) is 9.38. The first-order chi connectivity index (χ1) is 13.3. The van der Waals surface area contributed by atoms with Crippen LogP contribution in [-0.2, 0) is 13.0 Å². The zero-order valence-electron chi connectivity index (χ0n) is 15.6. The number of aromatic nitrogens is 2. The van der Waals surface area contributed by atoms with E-state index in [4.69, 9.17) is 4.74 Å². The van der Waals surface area contributed by atoms with Crippen LogP contribution in [0.4, 0.5) is 0 Å². The van der Waals surface area contributed by atoms with E-state index in [0.717, 1.165) is 48.3 Å². The summed E-state index contributed by atoms with van der Waals surface area (Å²) in [7, 11) is 0. The fraction of sp³-hybridized carbons (Fsp3) is 0.318. The second-order valence-corrected chi connectivity index (χ2v) is 6.55. The summed E-state index contributed by atoms with van der Waals surface area (Å²) in [5.41, 5.74) is 3.26. The Bertz CT molecular complexity index is 859. The third-order valence-electron chi connectivity index (χ3n) is 4.43. The molecule has 0 bridgehead atoms. The van der Waals surface area contributed by atoms with E-state index in [9.17, 15) is 5.11 Å². The maximum Gasteiger partial charge on any atom is 0.122 e. The van der Waals surface area contributed by atoms with Crippen LogP contribution in [-0.4, -0.2) is 40.5 Å². The van der Waals surface area contributed by atoms with Gasteiger partial charge in [-0.1, -0.05) is 36.4 Å². The highest BCUT2D eigenvalue weighted by atomic mass is 16.5. The number of rotatable bonds is 11. The van der Waals surface area contributed by atoms with Crippen LogP contribution in [0.25, 0.3) is 11.0 Å². The summed E-state index contributed by atoms with van der Waals surface area (Å²) in [6, 6.07) is 16.0. The van der Waals surface area contributed by atoms with Crippen LogP contribution in [0.2, 0.25) is 0 Å². The van der Waals surface area contributed by atoms with Crippen LogP contribution in [0.3, 0.4) is 0 Å². The lowest BCUT2D eigenvalue weighted by atomic mass is 10.1. The molecule has 0 aliphatic rings. The van der Waals surface area contributed by atoms with Crippen LogP contribution >= 0.6 is 0 Å². The lowest BCUT2D eigenvalue weighted by Crippen LogP contribution is -2.32. The molecular formula is C22H27N3O2. The van der Waals surface area contributed by atoms with E-state index >= 15 is 0 Å². The third-order valence-corrected chi connectivity index (χ3v) is 4.43. The predicted octanol–water partition coefficient (Wildman–Crippen LogP) is 3.18. The lowest BCUT2D eigenvalue weighted by molar-refractivity contribution is 0.106. The van der Waals surface area contributed by atoms with E-state index in [1.807, 2.05) is 54.9 Å². The first kappa shape index (κ1) is 19.1. The second kappa shape index (κ2) is 9.90. The largest absolute Gasteiger partial charge is 0.491 e. The number of aliphatic hydroxyl groups excluding tert-OH is 1. The number of nitrogens with zero attached hydrogens (tertiary/aromatic N) is 2. The van der Waals surface area contributed by atoms with E-state index in [0.29, 0.717) is 6.54 Å². The Morgan fingerprint density at radius 3 is 2.89 bits per heavy atom. The Labute approximate surface area is 160 Å². The quantitative estimate of drug-likeness (QED) is 0.405. The SMILES string of the molecule is C=CCc1ccccc1OCC(O)CNCCCn1cnc2ccccc21. The molecule has 0 aliphatic heterocycles. The Morgan fingerprint density at radius 2 is 2.00 bits per heavy atom. The number of hydrogen-bond donors (Lipinski definition) is 2. The van der Waals surface area contributed by atoms with E-state index < -0.39 is 6.10 Å². The van der Waals surface area contributed by atoms with Gasteiger partial charge in [-0.2, -0.15) is 0 Å². The molecule has 5 nitrogen and oxygen atoms in total. The van der Waals surface area contributed by atoms with Crippen molar-refractivity contribution in [3.63, 3.8) is 0 Å². The minimum Gasteiger partial charge on any atom is -0.491 e. The number of para-hydroxylation sites is 3. The molecule has 142 valence electrons. The molecule has 1 aromatic heterocycles. The average molecular weight is 365 g/mol. The number of ether oxygens (including phenoxy) is 1. The van der Waals surface area contributed by atoms with Gasteiger partial charge >= 0.3 is 0 Å². The number of aryl methyl sites for hydroxylation is 1. The summed E-state index contributed by atoms with van der Waals surface area (Å²) in [5, 5.41) is 13.4. The summed E-state index contributed by atoms with van der Waals surface area (Å²) in [5.74, 6) is 0.809. The van der Waals surface area contributed by atoms with Gasteiger partial charge in [-0.05, 0) is 43.1 Å². The Balaban J connectivity index is 1.35. The highest BCUT2D eigenvalue weighted by molar-refractivity contribution is 5.74. The van der Waals surface area contributed by atoms with Crippen molar-refractivity contribution in [2.75, 3.05) is 19.7 Å². The molecule has 5 heteroatoms. The third kappa shape index (κ3) is 5.42. The molecule has 0 saturated heterocycles.